The highest BCUT2D eigenvalue weighted by Crippen LogP contribution is 2.29. The lowest BCUT2D eigenvalue weighted by Crippen LogP contribution is -2.15. The zero-order valence-electron chi connectivity index (χ0n) is 15.2. The lowest BCUT2D eigenvalue weighted by atomic mass is 10.1. The van der Waals surface area contributed by atoms with E-state index in [4.69, 9.17) is 9.47 Å². The van der Waals surface area contributed by atoms with Gasteiger partial charge in [0.05, 0.1) is 19.9 Å². The molecule has 0 spiro atoms. The van der Waals surface area contributed by atoms with Crippen LogP contribution in [-0.2, 0) is 4.79 Å². The number of rotatable bonds is 6. The number of nitrogens with one attached hydrogen (secondary N) is 2. The largest absolute Gasteiger partial charge is 0.497 e. The minimum Gasteiger partial charge on any atom is -0.497 e. The van der Waals surface area contributed by atoms with Crippen LogP contribution in [0.25, 0.3) is 0 Å². The lowest BCUT2D eigenvalue weighted by molar-refractivity contribution is -0.112. The Labute approximate surface area is 153 Å². The SMILES string of the molecule is COc1ccc(OC)c(NC(=O)/C(C#N)=C\Nc2cc(C)cc(C)c2)c1. The van der Waals surface area contributed by atoms with Gasteiger partial charge >= 0.3 is 0 Å². The smallest absolute Gasteiger partial charge is 0.267 e. The fraction of sp³-hybridized carbons (Fsp3) is 0.200. The minimum atomic E-state index is -0.545. The van der Waals surface area contributed by atoms with E-state index in [0.29, 0.717) is 17.2 Å². The van der Waals surface area contributed by atoms with Crippen LogP contribution in [0.4, 0.5) is 11.4 Å². The highest BCUT2D eigenvalue weighted by molar-refractivity contribution is 6.07. The molecule has 2 N–H and O–H groups in total. The Bertz CT molecular complexity index is 862. The van der Waals surface area contributed by atoms with Gasteiger partial charge in [-0.25, -0.2) is 0 Å². The van der Waals surface area contributed by atoms with E-state index in [-0.39, 0.29) is 5.57 Å². The van der Waals surface area contributed by atoms with Crippen molar-refractivity contribution in [1.82, 2.24) is 0 Å². The number of amides is 1. The molecule has 1 amide bonds. The molecule has 26 heavy (non-hydrogen) atoms. The Balaban J connectivity index is 2.20. The van der Waals surface area contributed by atoms with Crippen molar-refractivity contribution in [2.75, 3.05) is 24.9 Å². The van der Waals surface area contributed by atoms with Gasteiger partial charge in [0.15, 0.2) is 0 Å². The van der Waals surface area contributed by atoms with Gasteiger partial charge in [-0.15, -0.1) is 0 Å². The number of hydrogen-bond donors (Lipinski definition) is 2. The van der Waals surface area contributed by atoms with E-state index >= 15 is 0 Å². The van der Waals surface area contributed by atoms with E-state index in [1.165, 1.54) is 20.4 Å². The van der Waals surface area contributed by atoms with Crippen molar-refractivity contribution in [1.29, 1.82) is 5.26 Å². The topological polar surface area (TPSA) is 83.4 Å². The molecule has 0 atom stereocenters. The second-order valence-electron chi connectivity index (χ2n) is 5.71. The van der Waals surface area contributed by atoms with Gasteiger partial charge in [0.1, 0.15) is 23.1 Å². The number of carbonyl (C=O) groups excluding carboxylic acids is 1. The van der Waals surface area contributed by atoms with Gasteiger partial charge < -0.3 is 20.1 Å². The van der Waals surface area contributed by atoms with Gasteiger partial charge in [-0.1, -0.05) is 6.07 Å². The normalized spacial score (nSPS) is 10.7. The van der Waals surface area contributed by atoms with E-state index in [9.17, 15) is 10.1 Å². The second-order valence-corrected chi connectivity index (χ2v) is 5.71. The van der Waals surface area contributed by atoms with Crippen LogP contribution < -0.4 is 20.1 Å². The maximum atomic E-state index is 12.4. The molecule has 0 saturated heterocycles. The van der Waals surface area contributed by atoms with Crippen LogP contribution in [0.5, 0.6) is 11.5 Å². The molecule has 0 aliphatic heterocycles. The predicted octanol–water partition coefficient (Wildman–Crippen LogP) is 3.78. The molecule has 2 aromatic rings. The first kappa shape index (κ1) is 18.9. The molecular weight excluding hydrogens is 330 g/mol. The molecule has 0 saturated carbocycles. The lowest BCUT2D eigenvalue weighted by Gasteiger charge is -2.11. The van der Waals surface area contributed by atoms with E-state index < -0.39 is 5.91 Å². The molecular formula is C20H21N3O3. The second kappa shape index (κ2) is 8.58. The van der Waals surface area contributed by atoms with Crippen LogP contribution in [0.2, 0.25) is 0 Å². The number of nitrogens with zero attached hydrogens (tertiary/aromatic N) is 1. The van der Waals surface area contributed by atoms with Crippen LogP contribution in [0.15, 0.2) is 48.2 Å². The van der Waals surface area contributed by atoms with Crippen molar-refractivity contribution in [3.8, 4) is 17.6 Å². The number of nitriles is 1. The number of methoxy groups -OCH3 is 2. The highest BCUT2D eigenvalue weighted by Gasteiger charge is 2.13. The Morgan fingerprint density at radius 3 is 2.35 bits per heavy atom. The monoisotopic (exact) mass is 351 g/mol. The molecule has 6 heteroatoms. The number of aryl methyl sites for hydroxylation is 2. The summed E-state index contributed by atoms with van der Waals surface area (Å²) in [4.78, 5) is 12.4. The molecule has 0 fully saturated rings. The average Bonchev–Trinajstić information content (AvgIpc) is 2.61. The number of ether oxygens (including phenoxy) is 2. The van der Waals surface area contributed by atoms with E-state index in [2.05, 4.69) is 10.6 Å². The maximum Gasteiger partial charge on any atom is 0.267 e. The molecule has 0 aliphatic rings. The summed E-state index contributed by atoms with van der Waals surface area (Å²) < 4.78 is 10.4. The van der Waals surface area contributed by atoms with Crippen molar-refractivity contribution in [3.63, 3.8) is 0 Å². The summed E-state index contributed by atoms with van der Waals surface area (Å²) in [7, 11) is 3.03. The van der Waals surface area contributed by atoms with Crippen molar-refractivity contribution in [3.05, 3.63) is 59.3 Å². The first-order valence-electron chi connectivity index (χ1n) is 7.95. The highest BCUT2D eigenvalue weighted by atomic mass is 16.5. The maximum absolute atomic E-state index is 12.4. The molecule has 0 unspecified atom stereocenters. The molecule has 0 heterocycles. The van der Waals surface area contributed by atoms with Crippen molar-refractivity contribution < 1.29 is 14.3 Å². The Kier molecular flexibility index (Phi) is 6.23. The standard InChI is InChI=1S/C20H21N3O3/c1-13-7-14(2)9-16(8-13)22-12-15(11-21)20(24)23-18-10-17(25-3)5-6-19(18)26-4/h5-10,12,22H,1-4H3,(H,23,24)/b15-12-. The van der Waals surface area contributed by atoms with E-state index in [1.54, 1.807) is 18.2 Å². The predicted molar refractivity (Wildman–Crippen MR) is 101 cm³/mol. The van der Waals surface area contributed by atoms with Crippen LogP contribution >= 0.6 is 0 Å². The third-order valence-corrected chi connectivity index (χ3v) is 3.62. The summed E-state index contributed by atoms with van der Waals surface area (Å²) in [5.41, 5.74) is 3.34. The number of anilines is 2. The summed E-state index contributed by atoms with van der Waals surface area (Å²) in [6.45, 7) is 3.96. The summed E-state index contributed by atoms with van der Waals surface area (Å²) in [6.07, 6.45) is 1.39. The Morgan fingerprint density at radius 1 is 1.08 bits per heavy atom. The van der Waals surface area contributed by atoms with E-state index in [1.807, 2.05) is 38.1 Å². The number of benzene rings is 2. The quantitative estimate of drug-likeness (QED) is 0.611. The third-order valence-electron chi connectivity index (χ3n) is 3.62. The van der Waals surface area contributed by atoms with Crippen LogP contribution in [0, 0.1) is 25.2 Å². The van der Waals surface area contributed by atoms with Gasteiger partial charge in [-0.2, -0.15) is 5.26 Å². The molecule has 0 aromatic heterocycles. The van der Waals surface area contributed by atoms with Crippen LogP contribution in [0.3, 0.4) is 0 Å². The molecule has 0 radical (unpaired) electrons. The van der Waals surface area contributed by atoms with Gasteiger partial charge in [0, 0.05) is 18.0 Å². The zero-order chi connectivity index (χ0) is 19.1. The van der Waals surface area contributed by atoms with Crippen LogP contribution in [0.1, 0.15) is 11.1 Å². The summed E-state index contributed by atoms with van der Waals surface area (Å²) in [5, 5.41) is 15.0. The van der Waals surface area contributed by atoms with Gasteiger partial charge in [-0.3, -0.25) is 4.79 Å². The zero-order valence-corrected chi connectivity index (χ0v) is 15.2. The first-order valence-corrected chi connectivity index (χ1v) is 7.95. The number of hydrogen-bond acceptors (Lipinski definition) is 5. The van der Waals surface area contributed by atoms with Crippen LogP contribution in [-0.4, -0.2) is 20.1 Å². The summed E-state index contributed by atoms with van der Waals surface area (Å²) in [6, 6.07) is 12.8. The first-order chi connectivity index (χ1) is 12.5. The summed E-state index contributed by atoms with van der Waals surface area (Å²) in [5.74, 6) is 0.492. The van der Waals surface area contributed by atoms with Crippen molar-refractivity contribution in [2.45, 2.75) is 13.8 Å². The molecule has 0 aliphatic carbocycles. The fourth-order valence-corrected chi connectivity index (χ4v) is 2.46. The van der Waals surface area contributed by atoms with Crippen molar-refractivity contribution in [2.24, 2.45) is 0 Å². The van der Waals surface area contributed by atoms with Gasteiger partial charge in [0.2, 0.25) is 0 Å². The molecule has 2 rings (SSSR count). The van der Waals surface area contributed by atoms with Gasteiger partial charge in [-0.05, 0) is 49.2 Å². The molecule has 6 nitrogen and oxygen atoms in total. The Hall–Kier alpha value is -3.46. The minimum absolute atomic E-state index is 0.0611. The fourth-order valence-electron chi connectivity index (χ4n) is 2.46. The van der Waals surface area contributed by atoms with Crippen molar-refractivity contribution >= 4 is 17.3 Å². The average molecular weight is 351 g/mol. The molecule has 134 valence electrons. The number of carbonyl (C=O) groups is 1. The van der Waals surface area contributed by atoms with Gasteiger partial charge in [0.25, 0.3) is 5.91 Å². The molecule has 0 bridgehead atoms. The summed E-state index contributed by atoms with van der Waals surface area (Å²) >= 11 is 0. The van der Waals surface area contributed by atoms with E-state index in [0.717, 1.165) is 16.8 Å². The third kappa shape index (κ3) is 4.77. The Morgan fingerprint density at radius 2 is 1.77 bits per heavy atom. The molecule has 2 aromatic carbocycles.